The number of rotatable bonds is 12. The fourth-order valence-corrected chi connectivity index (χ4v) is 5.79. The minimum absolute atomic E-state index is 0.00617. The molecule has 6 rings (SSSR count). The Morgan fingerprint density at radius 3 is 1.67 bits per heavy atom. The first-order valence-electron chi connectivity index (χ1n) is 16.4. The summed E-state index contributed by atoms with van der Waals surface area (Å²) in [6.07, 6.45) is 2.48. The van der Waals surface area contributed by atoms with Crippen molar-refractivity contribution in [1.82, 2.24) is 35.5 Å². The van der Waals surface area contributed by atoms with Crippen LogP contribution >= 0.6 is 0 Å². The third-order valence-electron chi connectivity index (χ3n) is 8.53. The van der Waals surface area contributed by atoms with Crippen LogP contribution in [0.25, 0.3) is 32.9 Å². The van der Waals surface area contributed by atoms with Gasteiger partial charge in [-0.15, -0.1) is 0 Å². The highest BCUT2D eigenvalue weighted by Gasteiger charge is 2.26. The van der Waals surface area contributed by atoms with E-state index in [-0.39, 0.29) is 19.0 Å². The molecule has 10 nitrogen and oxygen atoms in total. The molecule has 0 saturated carbocycles. The summed E-state index contributed by atoms with van der Waals surface area (Å²) in [5.41, 5.74) is 8.79. The number of halogens is 3. The molecular weight excluding hydrogens is 655 g/mol. The number of nitrogens with zero attached hydrogens (tertiary/aromatic N) is 5. The molecule has 0 aliphatic heterocycles. The van der Waals surface area contributed by atoms with Crippen molar-refractivity contribution in [2.24, 2.45) is 0 Å². The van der Waals surface area contributed by atoms with Crippen molar-refractivity contribution in [2.45, 2.75) is 33.1 Å². The van der Waals surface area contributed by atoms with E-state index < -0.39 is 12.7 Å². The second kappa shape index (κ2) is 15.1. The summed E-state index contributed by atoms with van der Waals surface area (Å²) >= 11 is 0. The first-order chi connectivity index (χ1) is 24.5. The van der Waals surface area contributed by atoms with E-state index in [0.717, 1.165) is 55.5 Å². The van der Waals surface area contributed by atoms with Gasteiger partial charge in [-0.3, -0.25) is 14.8 Å². The highest BCUT2D eigenvalue weighted by Crippen LogP contribution is 2.36. The Morgan fingerprint density at radius 1 is 0.706 bits per heavy atom. The summed E-state index contributed by atoms with van der Waals surface area (Å²) in [4.78, 5) is 31.8. The molecule has 0 bridgehead atoms. The second-order valence-corrected chi connectivity index (χ2v) is 12.5. The first kappa shape index (κ1) is 35.2. The van der Waals surface area contributed by atoms with Gasteiger partial charge in [-0.25, -0.2) is 9.97 Å². The van der Waals surface area contributed by atoms with Crippen LogP contribution in [-0.4, -0.2) is 64.1 Å². The molecule has 0 aliphatic rings. The summed E-state index contributed by atoms with van der Waals surface area (Å²) in [6.45, 7) is 3.85. The predicted molar refractivity (Wildman–Crippen MR) is 195 cm³/mol. The molecule has 1 amide bonds. The second-order valence-electron chi connectivity index (χ2n) is 12.5. The normalized spacial score (nSPS) is 11.6. The molecule has 13 heteroatoms. The summed E-state index contributed by atoms with van der Waals surface area (Å²) in [5.74, 6) is 1.19. The number of nitrogens with one attached hydrogen (secondary N) is 4. The van der Waals surface area contributed by atoms with Gasteiger partial charge in [0.05, 0.1) is 13.1 Å². The molecule has 51 heavy (non-hydrogen) atoms. The molecule has 0 fully saturated rings. The molecular formula is C38H38F3N9O. The zero-order valence-corrected chi connectivity index (χ0v) is 28.7. The lowest BCUT2D eigenvalue weighted by Crippen LogP contribution is -2.32. The Kier molecular flexibility index (Phi) is 10.4. The Balaban J connectivity index is 1.21. The number of aromatic nitrogens is 4. The van der Waals surface area contributed by atoms with Crippen molar-refractivity contribution in [2.75, 3.05) is 37.8 Å². The van der Waals surface area contributed by atoms with Crippen LogP contribution in [-0.2, 0) is 17.9 Å². The number of likely N-dealkylation sites (N-methyl/N-ethyl adjacent to an activating group) is 1. The molecule has 0 spiro atoms. The zero-order valence-electron chi connectivity index (χ0n) is 28.7. The first-order valence-corrected chi connectivity index (χ1v) is 16.4. The number of alkyl halides is 3. The number of carbonyl (C=O) groups is 1. The quantitative estimate of drug-likeness (QED) is 0.106. The molecule has 262 valence electrons. The van der Waals surface area contributed by atoms with Crippen LogP contribution in [0.4, 0.5) is 36.2 Å². The minimum Gasteiger partial charge on any atom is -0.348 e. The number of fused-ring (bicyclic) bond motifs is 2. The number of amides is 1. The summed E-state index contributed by atoms with van der Waals surface area (Å²) < 4.78 is 37.7. The van der Waals surface area contributed by atoms with E-state index in [4.69, 9.17) is 4.98 Å². The fourth-order valence-electron chi connectivity index (χ4n) is 5.79. The summed E-state index contributed by atoms with van der Waals surface area (Å²) in [5, 5.41) is 14.2. The van der Waals surface area contributed by atoms with Gasteiger partial charge in [0.15, 0.2) is 11.6 Å². The van der Waals surface area contributed by atoms with E-state index in [1.807, 2.05) is 49.4 Å². The Labute approximate surface area is 293 Å². The minimum atomic E-state index is -4.28. The number of hydrogen-bond donors (Lipinski definition) is 4. The Bertz CT molecular complexity index is 2200. The van der Waals surface area contributed by atoms with Crippen molar-refractivity contribution < 1.29 is 18.0 Å². The fraction of sp³-hybridized carbons (Fsp3) is 0.237. The van der Waals surface area contributed by atoms with E-state index in [9.17, 15) is 18.0 Å². The third-order valence-corrected chi connectivity index (χ3v) is 8.53. The van der Waals surface area contributed by atoms with Crippen molar-refractivity contribution in [3.8, 4) is 11.1 Å². The summed E-state index contributed by atoms with van der Waals surface area (Å²) in [7, 11) is 3.46. The van der Waals surface area contributed by atoms with Gasteiger partial charge in [-0.05, 0) is 83.6 Å². The van der Waals surface area contributed by atoms with Crippen molar-refractivity contribution in [3.05, 3.63) is 108 Å². The predicted octanol–water partition coefficient (Wildman–Crippen LogP) is 7.17. The number of carbonyl (C=O) groups excluding carboxylic acids is 1. The lowest BCUT2D eigenvalue weighted by molar-refractivity contribution is -0.128. The molecule has 4 aromatic heterocycles. The molecule has 0 aliphatic carbocycles. The SMILES string of the molecule is Cc1c(Nc2nccc3cc(CNCC(=O)N(C)C)cnc23)cccc1-c1cccc(Nc2nccc3cc(CNCC(F)(F)F)cnc23)c1C. The molecule has 4 heterocycles. The van der Waals surface area contributed by atoms with Crippen LogP contribution < -0.4 is 21.3 Å². The Morgan fingerprint density at radius 2 is 1.20 bits per heavy atom. The zero-order chi connectivity index (χ0) is 36.1. The van der Waals surface area contributed by atoms with Gasteiger partial charge in [0, 0.05) is 74.1 Å². The Hall–Kier alpha value is -5.66. The number of benzene rings is 2. The van der Waals surface area contributed by atoms with Gasteiger partial charge in [0.2, 0.25) is 5.91 Å². The van der Waals surface area contributed by atoms with Crippen molar-refractivity contribution in [1.29, 1.82) is 0 Å². The van der Waals surface area contributed by atoms with E-state index in [1.165, 1.54) is 0 Å². The lowest BCUT2D eigenvalue weighted by Gasteiger charge is -2.18. The summed E-state index contributed by atoms with van der Waals surface area (Å²) in [6, 6.07) is 19.7. The van der Waals surface area contributed by atoms with Crippen LogP contribution in [0.1, 0.15) is 22.3 Å². The van der Waals surface area contributed by atoms with Crippen LogP contribution in [0.5, 0.6) is 0 Å². The van der Waals surface area contributed by atoms with Crippen molar-refractivity contribution >= 4 is 50.7 Å². The molecule has 0 unspecified atom stereocenters. The van der Waals surface area contributed by atoms with E-state index in [0.29, 0.717) is 29.3 Å². The standard InChI is InChI=1S/C38H38F3N9O/c1-23-29(7-5-9-31(23)48-36-34-27(11-13-44-36)15-25(19-46-34)17-42-21-33(51)50(3)4)30-8-6-10-32(24(30)2)49-37-35-28(12-14-45-37)16-26(20-47-35)18-43-22-38(39,40)41/h5-16,19-20,42-43H,17-18,21-22H2,1-4H3,(H,44,48)(H,45,49). The van der Waals surface area contributed by atoms with Crippen LogP contribution in [0.15, 0.2) is 85.5 Å². The topological polar surface area (TPSA) is 120 Å². The highest BCUT2D eigenvalue weighted by molar-refractivity contribution is 5.92. The van der Waals surface area contributed by atoms with Crippen LogP contribution in [0.3, 0.4) is 0 Å². The van der Waals surface area contributed by atoms with Gasteiger partial charge in [0.1, 0.15) is 11.0 Å². The third kappa shape index (κ3) is 8.39. The number of pyridine rings is 4. The molecule has 0 radical (unpaired) electrons. The maximum atomic E-state index is 12.6. The molecule has 4 N–H and O–H groups in total. The van der Waals surface area contributed by atoms with Gasteiger partial charge in [-0.1, -0.05) is 24.3 Å². The largest absolute Gasteiger partial charge is 0.401 e. The highest BCUT2D eigenvalue weighted by atomic mass is 19.4. The molecule has 6 aromatic rings. The van der Waals surface area contributed by atoms with Crippen LogP contribution in [0, 0.1) is 13.8 Å². The number of anilines is 4. The maximum absolute atomic E-state index is 12.6. The van der Waals surface area contributed by atoms with E-state index in [1.54, 1.807) is 49.8 Å². The average molecular weight is 694 g/mol. The van der Waals surface area contributed by atoms with E-state index >= 15 is 0 Å². The molecule has 0 saturated heterocycles. The van der Waals surface area contributed by atoms with Gasteiger partial charge in [-0.2, -0.15) is 13.2 Å². The number of hydrogen-bond acceptors (Lipinski definition) is 9. The molecule has 2 aromatic carbocycles. The molecule has 0 atom stereocenters. The van der Waals surface area contributed by atoms with Gasteiger partial charge >= 0.3 is 6.18 Å². The lowest BCUT2D eigenvalue weighted by atomic mass is 9.94. The van der Waals surface area contributed by atoms with Gasteiger partial charge < -0.3 is 26.2 Å². The van der Waals surface area contributed by atoms with Gasteiger partial charge in [0.25, 0.3) is 0 Å². The van der Waals surface area contributed by atoms with Crippen LogP contribution in [0.2, 0.25) is 0 Å². The average Bonchev–Trinajstić information content (AvgIpc) is 3.09. The monoisotopic (exact) mass is 693 g/mol. The van der Waals surface area contributed by atoms with E-state index in [2.05, 4.69) is 55.3 Å². The maximum Gasteiger partial charge on any atom is 0.401 e. The smallest absolute Gasteiger partial charge is 0.348 e. The van der Waals surface area contributed by atoms with Crippen molar-refractivity contribution in [3.63, 3.8) is 0 Å².